The van der Waals surface area contributed by atoms with Crippen molar-refractivity contribution in [2.45, 2.75) is 37.4 Å². The Morgan fingerprint density at radius 2 is 2.35 bits per heavy atom. The summed E-state index contributed by atoms with van der Waals surface area (Å²) in [6.45, 7) is 1.46. The monoisotopic (exact) mass is 325 g/mol. The van der Waals surface area contributed by atoms with Gasteiger partial charge in [0, 0.05) is 7.11 Å². The van der Waals surface area contributed by atoms with Gasteiger partial charge in [0.05, 0.1) is 12.9 Å². The van der Waals surface area contributed by atoms with Gasteiger partial charge in [-0.15, -0.1) is 0 Å². The fourth-order valence-electron chi connectivity index (χ4n) is 3.18. The molecule has 0 amide bonds. The number of aromatic nitrogens is 4. The van der Waals surface area contributed by atoms with Crippen LogP contribution in [0.1, 0.15) is 13.3 Å². The Labute approximate surface area is 130 Å². The van der Waals surface area contributed by atoms with E-state index in [0.717, 1.165) is 0 Å². The number of ether oxygens (including phenoxy) is 2. The van der Waals surface area contributed by atoms with Crippen molar-refractivity contribution in [2.75, 3.05) is 19.5 Å². The highest BCUT2D eigenvalue weighted by molar-refractivity contribution is 5.70. The van der Waals surface area contributed by atoms with E-state index >= 15 is 0 Å². The number of nitrogens with one attached hydrogen (secondary N) is 1. The van der Waals surface area contributed by atoms with Gasteiger partial charge in [-0.1, -0.05) is 6.92 Å². The lowest BCUT2D eigenvalue weighted by molar-refractivity contribution is -0.155. The van der Waals surface area contributed by atoms with Crippen molar-refractivity contribution < 1.29 is 19.7 Å². The minimum absolute atomic E-state index is 0.0540. The summed E-state index contributed by atoms with van der Waals surface area (Å²) >= 11 is 0. The number of H-pyrrole nitrogens is 1. The molecule has 0 unspecified atom stereocenters. The van der Waals surface area contributed by atoms with E-state index in [4.69, 9.17) is 15.2 Å². The molecule has 1 fully saturated rings. The number of aliphatic hydroxyl groups is 2. The normalized spacial score (nSPS) is 31.0. The second-order valence-electron chi connectivity index (χ2n) is 5.42. The van der Waals surface area contributed by atoms with Crippen LogP contribution in [0.4, 0.5) is 5.95 Å². The number of fused-ring (bicyclic) bond motifs is 1. The largest absolute Gasteiger partial charge is 0.394 e. The van der Waals surface area contributed by atoms with Crippen molar-refractivity contribution >= 4 is 17.1 Å². The number of hydrogen-bond acceptors (Lipinski definition) is 8. The summed E-state index contributed by atoms with van der Waals surface area (Å²) in [5.74, 6) is -0.0540. The number of methoxy groups -OCH3 is 1. The zero-order valence-electron chi connectivity index (χ0n) is 12.8. The first-order chi connectivity index (χ1) is 11.0. The van der Waals surface area contributed by atoms with Crippen molar-refractivity contribution in [3.63, 3.8) is 0 Å². The van der Waals surface area contributed by atoms with Crippen LogP contribution in [0.25, 0.3) is 11.2 Å². The predicted octanol–water partition coefficient (Wildman–Crippen LogP) is -1.47. The molecule has 0 radical (unpaired) electrons. The van der Waals surface area contributed by atoms with Crippen molar-refractivity contribution in [2.24, 2.45) is 0 Å². The van der Waals surface area contributed by atoms with Crippen LogP contribution in [0.3, 0.4) is 0 Å². The average Bonchev–Trinajstić information content (AvgIpc) is 3.06. The number of nitrogen functional groups attached to an aromatic ring is 1. The lowest BCUT2D eigenvalue weighted by Crippen LogP contribution is -2.46. The lowest BCUT2D eigenvalue weighted by Gasteiger charge is -2.34. The van der Waals surface area contributed by atoms with E-state index in [1.165, 1.54) is 18.0 Å². The van der Waals surface area contributed by atoms with E-state index in [9.17, 15) is 15.0 Å². The lowest BCUT2D eigenvalue weighted by atomic mass is 9.99. The highest BCUT2D eigenvalue weighted by atomic mass is 16.6. The first-order valence-electron chi connectivity index (χ1n) is 7.21. The van der Waals surface area contributed by atoms with Crippen molar-refractivity contribution in [1.29, 1.82) is 0 Å². The van der Waals surface area contributed by atoms with Gasteiger partial charge in [0.1, 0.15) is 18.3 Å². The molecule has 4 atom stereocenters. The van der Waals surface area contributed by atoms with Crippen LogP contribution in [0, 0.1) is 0 Å². The van der Waals surface area contributed by atoms with Gasteiger partial charge in [-0.3, -0.25) is 14.3 Å². The van der Waals surface area contributed by atoms with E-state index in [-0.39, 0.29) is 23.7 Å². The third-order valence-electron chi connectivity index (χ3n) is 4.26. The Bertz CT molecular complexity index is 774. The molecular weight excluding hydrogens is 306 g/mol. The van der Waals surface area contributed by atoms with Gasteiger partial charge in [0.25, 0.3) is 5.56 Å². The molecule has 0 aliphatic carbocycles. The van der Waals surface area contributed by atoms with Gasteiger partial charge in [-0.05, 0) is 6.42 Å². The zero-order chi connectivity index (χ0) is 16.8. The summed E-state index contributed by atoms with van der Waals surface area (Å²) in [7, 11) is 1.44. The van der Waals surface area contributed by atoms with E-state index in [1.807, 2.05) is 6.92 Å². The second kappa shape index (κ2) is 5.57. The summed E-state index contributed by atoms with van der Waals surface area (Å²) in [5.41, 5.74) is 4.31. The number of nitrogens with zero attached hydrogens (tertiary/aromatic N) is 3. The molecule has 0 spiro atoms. The van der Waals surface area contributed by atoms with Gasteiger partial charge in [0.15, 0.2) is 16.9 Å². The standard InChI is InChI=1S/C13H19N5O5/c1-3-13(9(22-2)8(20)6(4-19)23-13)18-5-15-7-10(18)16-12(14)17-11(7)21/h5-6,8-9,19-20H,3-4H2,1-2H3,(H3,14,16,17,21)/t6-,8-,9-,13-/m1/s1. The van der Waals surface area contributed by atoms with Crippen molar-refractivity contribution in [3.05, 3.63) is 16.7 Å². The van der Waals surface area contributed by atoms with Crippen LogP contribution < -0.4 is 11.3 Å². The molecule has 23 heavy (non-hydrogen) atoms. The highest BCUT2D eigenvalue weighted by Gasteiger charge is 2.56. The van der Waals surface area contributed by atoms with Crippen LogP contribution in [-0.4, -0.2) is 61.8 Å². The fourth-order valence-corrected chi connectivity index (χ4v) is 3.18. The number of nitrogens with two attached hydrogens (primary N) is 1. The maximum absolute atomic E-state index is 11.9. The molecule has 0 aromatic carbocycles. The smallest absolute Gasteiger partial charge is 0.280 e. The SMILES string of the molecule is CC[C@@]1(n2cnc3c(=O)[nH]c(N)nc32)O[C@H](CO)[C@@H](O)[C@H]1OC. The number of aliphatic hydroxyl groups excluding tert-OH is 2. The van der Waals surface area contributed by atoms with Crippen LogP contribution in [-0.2, 0) is 15.2 Å². The molecule has 10 nitrogen and oxygen atoms in total. The summed E-state index contributed by atoms with van der Waals surface area (Å²) in [5, 5.41) is 19.8. The Kier molecular flexibility index (Phi) is 3.84. The molecular formula is C13H19N5O5. The molecule has 1 aliphatic heterocycles. The molecule has 126 valence electrons. The first-order valence-corrected chi connectivity index (χ1v) is 7.21. The predicted molar refractivity (Wildman–Crippen MR) is 79.6 cm³/mol. The third kappa shape index (κ3) is 2.14. The topological polar surface area (TPSA) is 149 Å². The van der Waals surface area contributed by atoms with Gasteiger partial charge >= 0.3 is 0 Å². The molecule has 3 heterocycles. The number of anilines is 1. The quantitative estimate of drug-likeness (QED) is 0.532. The van der Waals surface area contributed by atoms with Gasteiger partial charge in [-0.2, -0.15) is 4.98 Å². The minimum atomic E-state index is -1.16. The molecule has 2 aromatic heterocycles. The van der Waals surface area contributed by atoms with Crippen molar-refractivity contribution in [3.8, 4) is 0 Å². The molecule has 2 aromatic rings. The summed E-state index contributed by atoms with van der Waals surface area (Å²) in [4.78, 5) is 22.5. The van der Waals surface area contributed by atoms with Gasteiger partial charge in [-0.25, -0.2) is 4.98 Å². The first kappa shape index (κ1) is 15.9. The molecule has 1 saturated heterocycles. The Balaban J connectivity index is 2.23. The average molecular weight is 325 g/mol. The number of imidazole rings is 1. The van der Waals surface area contributed by atoms with Gasteiger partial charge in [0.2, 0.25) is 5.95 Å². The molecule has 5 N–H and O–H groups in total. The van der Waals surface area contributed by atoms with Crippen LogP contribution in [0.15, 0.2) is 11.1 Å². The molecule has 10 heteroatoms. The summed E-state index contributed by atoms with van der Waals surface area (Å²) in [6.07, 6.45) is -0.851. The number of rotatable bonds is 4. The van der Waals surface area contributed by atoms with Crippen molar-refractivity contribution in [1.82, 2.24) is 19.5 Å². The van der Waals surface area contributed by atoms with Crippen LogP contribution in [0.2, 0.25) is 0 Å². The molecule has 1 aliphatic rings. The van der Waals surface area contributed by atoms with E-state index < -0.39 is 29.6 Å². The molecule has 0 saturated carbocycles. The number of hydrogen-bond donors (Lipinski definition) is 4. The van der Waals surface area contributed by atoms with Gasteiger partial charge < -0.3 is 25.4 Å². The Morgan fingerprint density at radius 1 is 1.61 bits per heavy atom. The summed E-state index contributed by atoms with van der Waals surface area (Å²) in [6, 6.07) is 0. The number of aromatic amines is 1. The molecule has 3 rings (SSSR count). The maximum Gasteiger partial charge on any atom is 0.280 e. The zero-order valence-corrected chi connectivity index (χ0v) is 12.8. The third-order valence-corrected chi connectivity index (χ3v) is 4.26. The Morgan fingerprint density at radius 3 is 2.96 bits per heavy atom. The minimum Gasteiger partial charge on any atom is -0.394 e. The molecule has 0 bridgehead atoms. The summed E-state index contributed by atoms with van der Waals surface area (Å²) < 4.78 is 12.8. The second-order valence-corrected chi connectivity index (χ2v) is 5.42. The van der Waals surface area contributed by atoms with E-state index in [2.05, 4.69) is 15.0 Å². The van der Waals surface area contributed by atoms with E-state index in [0.29, 0.717) is 6.42 Å². The maximum atomic E-state index is 11.9. The van der Waals surface area contributed by atoms with E-state index in [1.54, 1.807) is 0 Å². The highest BCUT2D eigenvalue weighted by Crippen LogP contribution is 2.41. The van der Waals surface area contributed by atoms with Crippen LogP contribution >= 0.6 is 0 Å². The fraction of sp³-hybridized carbons (Fsp3) is 0.615. The van der Waals surface area contributed by atoms with Crippen LogP contribution in [0.5, 0.6) is 0 Å². The Hall–Kier alpha value is -2.01.